The quantitative estimate of drug-likeness (QED) is 0.166. The minimum atomic E-state index is 1.17. The molecule has 57 heavy (non-hydrogen) atoms. The Morgan fingerprint density at radius 2 is 0.877 bits per heavy atom. The molecular weight excluding hydrogens is 709 g/mol. The molecule has 3 aromatic heterocycles. The summed E-state index contributed by atoms with van der Waals surface area (Å²) >= 11 is 1.87. The van der Waals surface area contributed by atoms with E-state index in [-0.39, 0.29) is 0 Å². The van der Waals surface area contributed by atoms with Crippen LogP contribution in [0.4, 0.5) is 0 Å². The van der Waals surface area contributed by atoms with E-state index in [9.17, 15) is 0 Å². The first-order valence-electron chi connectivity index (χ1n) is 19.5. The molecule has 12 rings (SSSR count). The van der Waals surface area contributed by atoms with E-state index in [0.29, 0.717) is 0 Å². The lowest BCUT2D eigenvalue weighted by molar-refractivity contribution is 1.18. The minimum absolute atomic E-state index is 1.17. The van der Waals surface area contributed by atoms with Crippen molar-refractivity contribution in [2.24, 2.45) is 0 Å². The summed E-state index contributed by atoms with van der Waals surface area (Å²) in [6.45, 7) is 0. The summed E-state index contributed by atoms with van der Waals surface area (Å²) in [5, 5.41) is 7.66. The van der Waals surface area contributed by atoms with Gasteiger partial charge >= 0.3 is 0 Å². The molecule has 0 saturated carbocycles. The van der Waals surface area contributed by atoms with Crippen LogP contribution in [-0.4, -0.2) is 9.13 Å². The second-order valence-corrected chi connectivity index (χ2v) is 16.0. The Balaban J connectivity index is 1.08. The number of benzene rings is 9. The van der Waals surface area contributed by atoms with Crippen LogP contribution in [0, 0.1) is 0 Å². The zero-order valence-corrected chi connectivity index (χ0v) is 31.7. The van der Waals surface area contributed by atoms with E-state index in [1.165, 1.54) is 109 Å². The Morgan fingerprint density at radius 3 is 1.68 bits per heavy atom. The van der Waals surface area contributed by atoms with E-state index in [1.807, 2.05) is 11.3 Å². The number of nitrogens with zero attached hydrogens (tertiary/aromatic N) is 2. The molecule has 0 aliphatic carbocycles. The van der Waals surface area contributed by atoms with Crippen LogP contribution in [0.3, 0.4) is 0 Å². The smallest absolute Gasteiger partial charge is 0.0547 e. The van der Waals surface area contributed by atoms with E-state index >= 15 is 0 Å². The van der Waals surface area contributed by atoms with Crippen LogP contribution in [-0.2, 0) is 0 Å². The molecule has 9 aromatic carbocycles. The Kier molecular flexibility index (Phi) is 7.13. The van der Waals surface area contributed by atoms with E-state index in [4.69, 9.17) is 0 Å². The number of thiophene rings is 1. The van der Waals surface area contributed by atoms with Gasteiger partial charge in [0.1, 0.15) is 0 Å². The van der Waals surface area contributed by atoms with Crippen molar-refractivity contribution in [3.05, 3.63) is 206 Å². The molecule has 0 spiro atoms. The largest absolute Gasteiger partial charge is 0.309 e. The molecule has 266 valence electrons. The van der Waals surface area contributed by atoms with Crippen LogP contribution in [0.1, 0.15) is 0 Å². The molecular formula is C54H34N2S. The maximum Gasteiger partial charge on any atom is 0.0547 e. The molecule has 0 radical (unpaired) electrons. The summed E-state index contributed by atoms with van der Waals surface area (Å²) in [4.78, 5) is 0. The predicted molar refractivity (Wildman–Crippen MR) is 244 cm³/mol. The van der Waals surface area contributed by atoms with Gasteiger partial charge in [-0.15, -0.1) is 11.3 Å². The van der Waals surface area contributed by atoms with Gasteiger partial charge in [-0.2, -0.15) is 0 Å². The van der Waals surface area contributed by atoms with Crippen molar-refractivity contribution in [3.8, 4) is 44.8 Å². The lowest BCUT2D eigenvalue weighted by Gasteiger charge is -2.14. The molecule has 0 aliphatic rings. The lowest BCUT2D eigenvalue weighted by Crippen LogP contribution is -1.97. The van der Waals surface area contributed by atoms with Gasteiger partial charge < -0.3 is 9.13 Å². The fraction of sp³-hybridized carbons (Fsp3) is 0. The first kappa shape index (κ1) is 32.1. The number of hydrogen-bond donors (Lipinski definition) is 0. The topological polar surface area (TPSA) is 9.86 Å². The average molecular weight is 743 g/mol. The Morgan fingerprint density at radius 1 is 0.298 bits per heavy atom. The first-order valence-corrected chi connectivity index (χ1v) is 20.3. The maximum absolute atomic E-state index is 2.47. The van der Waals surface area contributed by atoms with Gasteiger partial charge in [0.25, 0.3) is 0 Å². The van der Waals surface area contributed by atoms with E-state index in [2.05, 4.69) is 215 Å². The van der Waals surface area contributed by atoms with Crippen LogP contribution in [0.5, 0.6) is 0 Å². The molecule has 0 aliphatic heterocycles. The summed E-state index contributed by atoms with van der Waals surface area (Å²) < 4.78 is 7.54. The predicted octanol–water partition coefficient (Wildman–Crippen LogP) is 15.2. The van der Waals surface area contributed by atoms with Gasteiger partial charge in [-0.05, 0) is 88.5 Å². The molecule has 0 atom stereocenters. The van der Waals surface area contributed by atoms with E-state index in [1.54, 1.807) is 0 Å². The zero-order chi connectivity index (χ0) is 37.5. The van der Waals surface area contributed by atoms with Crippen molar-refractivity contribution in [1.82, 2.24) is 9.13 Å². The van der Waals surface area contributed by atoms with Gasteiger partial charge in [0.05, 0.1) is 27.8 Å². The van der Waals surface area contributed by atoms with Gasteiger partial charge in [-0.3, -0.25) is 0 Å². The molecule has 3 heteroatoms. The van der Waals surface area contributed by atoms with Crippen molar-refractivity contribution in [1.29, 1.82) is 0 Å². The second-order valence-electron chi connectivity index (χ2n) is 14.9. The molecule has 0 unspecified atom stereocenters. The molecule has 0 amide bonds. The molecule has 0 saturated heterocycles. The maximum atomic E-state index is 2.47. The number of hydrogen-bond acceptors (Lipinski definition) is 1. The summed E-state index contributed by atoms with van der Waals surface area (Å²) in [5.74, 6) is 0. The highest BCUT2D eigenvalue weighted by molar-refractivity contribution is 7.25. The fourth-order valence-electron chi connectivity index (χ4n) is 9.18. The van der Waals surface area contributed by atoms with Crippen LogP contribution in [0.25, 0.3) is 109 Å². The van der Waals surface area contributed by atoms with Crippen LogP contribution in [0.2, 0.25) is 0 Å². The van der Waals surface area contributed by atoms with Crippen molar-refractivity contribution in [2.75, 3.05) is 0 Å². The van der Waals surface area contributed by atoms with Crippen molar-refractivity contribution < 1.29 is 0 Å². The highest BCUT2D eigenvalue weighted by atomic mass is 32.1. The average Bonchev–Trinajstić information content (AvgIpc) is 3.94. The third kappa shape index (κ3) is 4.96. The van der Waals surface area contributed by atoms with Crippen LogP contribution < -0.4 is 0 Å². The molecule has 2 nitrogen and oxygen atoms in total. The van der Waals surface area contributed by atoms with Crippen LogP contribution >= 0.6 is 11.3 Å². The van der Waals surface area contributed by atoms with Gasteiger partial charge in [0.15, 0.2) is 0 Å². The van der Waals surface area contributed by atoms with Crippen molar-refractivity contribution in [2.45, 2.75) is 0 Å². The number of para-hydroxylation sites is 2. The monoisotopic (exact) mass is 742 g/mol. The normalized spacial score (nSPS) is 11.9. The van der Waals surface area contributed by atoms with Gasteiger partial charge in [0.2, 0.25) is 0 Å². The van der Waals surface area contributed by atoms with Gasteiger partial charge in [0, 0.05) is 53.0 Å². The number of rotatable bonds is 5. The highest BCUT2D eigenvalue weighted by Crippen LogP contribution is 2.43. The van der Waals surface area contributed by atoms with Crippen molar-refractivity contribution in [3.63, 3.8) is 0 Å². The third-order valence-corrected chi connectivity index (χ3v) is 12.9. The zero-order valence-electron chi connectivity index (χ0n) is 30.9. The van der Waals surface area contributed by atoms with Crippen molar-refractivity contribution >= 4 is 75.1 Å². The van der Waals surface area contributed by atoms with E-state index in [0.717, 1.165) is 0 Å². The Bertz CT molecular complexity index is 3510. The van der Waals surface area contributed by atoms with Gasteiger partial charge in [-0.25, -0.2) is 0 Å². The molecule has 3 heterocycles. The molecule has 12 aromatic rings. The number of fused-ring (bicyclic) bond motifs is 9. The fourth-order valence-corrected chi connectivity index (χ4v) is 10.3. The summed E-state index contributed by atoms with van der Waals surface area (Å²) in [6, 6.07) is 75.7. The standard InChI is InChI=1S/C54H34N2S/c1-3-14-35(15-4-1)40-18-7-10-22-47(40)56-50-31-27-38(33-46(50)54-41(21-13-24-51(54)56)36-16-5-2-6-17-36)37-26-30-49-45(32-37)42-19-8-11-23-48(42)55(49)39-28-29-44-43-20-9-12-25-52(43)57-53(44)34-39/h1-34H. The molecule has 0 N–H and O–H groups in total. The Labute approximate surface area is 333 Å². The lowest BCUT2D eigenvalue weighted by atomic mass is 9.97. The molecule has 0 bridgehead atoms. The first-order chi connectivity index (χ1) is 28.3. The SMILES string of the molecule is c1ccc(-c2ccccc2-n2c3ccc(-c4ccc5c(c4)c4ccccc4n5-c4ccc5c(c4)sc4ccccc45)cc3c3c(-c4ccccc4)cccc32)cc1. The van der Waals surface area contributed by atoms with E-state index < -0.39 is 0 Å². The Hall–Kier alpha value is -7.20. The summed E-state index contributed by atoms with van der Waals surface area (Å²) in [7, 11) is 0. The van der Waals surface area contributed by atoms with Gasteiger partial charge in [-0.1, -0.05) is 146 Å². The summed E-state index contributed by atoms with van der Waals surface area (Å²) in [5.41, 5.74) is 14.4. The second kappa shape index (κ2) is 12.7. The number of aromatic nitrogens is 2. The summed E-state index contributed by atoms with van der Waals surface area (Å²) in [6.07, 6.45) is 0. The van der Waals surface area contributed by atoms with Crippen LogP contribution in [0.15, 0.2) is 206 Å². The highest BCUT2D eigenvalue weighted by Gasteiger charge is 2.20. The minimum Gasteiger partial charge on any atom is -0.309 e. The molecule has 0 fully saturated rings. The third-order valence-electron chi connectivity index (χ3n) is 11.7.